The van der Waals surface area contributed by atoms with E-state index in [1.54, 1.807) is 0 Å². The molecular weight excluding hydrogens is 331 g/mol. The van der Waals surface area contributed by atoms with Crippen LogP contribution in [0, 0.1) is 18.2 Å². The maximum Gasteiger partial charge on any atom is 0.299 e. The molecule has 0 radical (unpaired) electrons. The van der Waals surface area contributed by atoms with Gasteiger partial charge in [-0.25, -0.2) is 4.39 Å². The number of amides is 2. The molecule has 20 heavy (non-hydrogen) atoms. The van der Waals surface area contributed by atoms with E-state index in [0.717, 1.165) is 11.0 Å². The van der Waals surface area contributed by atoms with Crippen molar-refractivity contribution in [2.75, 3.05) is 18.0 Å². The summed E-state index contributed by atoms with van der Waals surface area (Å²) in [4.78, 5) is 36.1. The number of benzene rings is 1. The van der Waals surface area contributed by atoms with E-state index in [1.807, 2.05) is 0 Å². The molecule has 0 saturated carbocycles. The van der Waals surface area contributed by atoms with Crippen LogP contribution in [0.25, 0.3) is 0 Å². The fourth-order valence-corrected chi connectivity index (χ4v) is 2.14. The highest BCUT2D eigenvalue weighted by Gasteiger charge is 2.37. The van der Waals surface area contributed by atoms with E-state index >= 15 is 0 Å². The summed E-state index contributed by atoms with van der Waals surface area (Å²) in [6, 6.07) is 2.26. The second kappa shape index (κ2) is 5.43. The highest BCUT2D eigenvalue weighted by Crippen LogP contribution is 2.32. The van der Waals surface area contributed by atoms with Crippen LogP contribution in [0.4, 0.5) is 10.1 Å². The van der Waals surface area contributed by atoms with Crippen molar-refractivity contribution < 1.29 is 18.8 Å². The van der Waals surface area contributed by atoms with Gasteiger partial charge in [0.25, 0.3) is 11.7 Å². The first kappa shape index (κ1) is 14.2. The van der Waals surface area contributed by atoms with E-state index in [2.05, 4.69) is 27.2 Å². The summed E-state index contributed by atoms with van der Waals surface area (Å²) in [5, 5.41) is 2.37. The van der Waals surface area contributed by atoms with Crippen molar-refractivity contribution in [1.82, 2.24) is 5.32 Å². The number of hydrogen-bond donors (Lipinski definition) is 1. The van der Waals surface area contributed by atoms with Gasteiger partial charge in [0.05, 0.1) is 22.3 Å². The van der Waals surface area contributed by atoms with Gasteiger partial charge in [0.2, 0.25) is 5.91 Å². The van der Waals surface area contributed by atoms with Crippen LogP contribution in [0.3, 0.4) is 0 Å². The molecular formula is C13H8BrFN2O3. The van der Waals surface area contributed by atoms with Crippen molar-refractivity contribution in [1.29, 1.82) is 0 Å². The Hall–Kier alpha value is -2.20. The topological polar surface area (TPSA) is 66.5 Å². The lowest BCUT2D eigenvalue weighted by Crippen LogP contribution is -2.40. The van der Waals surface area contributed by atoms with Gasteiger partial charge in [0, 0.05) is 0 Å². The fraction of sp³-hybridized carbons (Fsp3) is 0.154. The maximum atomic E-state index is 13.5. The Morgan fingerprint density at radius 1 is 1.45 bits per heavy atom. The Labute approximate surface area is 122 Å². The summed E-state index contributed by atoms with van der Waals surface area (Å²) in [6.45, 7) is -0.378. The average Bonchev–Trinajstić information content (AvgIpc) is 2.63. The van der Waals surface area contributed by atoms with E-state index < -0.39 is 23.4 Å². The molecule has 0 saturated heterocycles. The van der Waals surface area contributed by atoms with E-state index in [0.29, 0.717) is 0 Å². The van der Waals surface area contributed by atoms with Crippen LogP contribution in [0.15, 0.2) is 16.6 Å². The molecule has 0 aliphatic carbocycles. The third-order valence-corrected chi connectivity index (χ3v) is 3.31. The molecule has 102 valence electrons. The summed E-state index contributed by atoms with van der Waals surface area (Å²) < 4.78 is 13.6. The summed E-state index contributed by atoms with van der Waals surface area (Å²) in [6.07, 6.45) is 4.99. The number of Topliss-reactive ketones (excluding diaryl/α,β-unsaturated/α-hetero) is 1. The van der Waals surface area contributed by atoms with E-state index in [1.165, 1.54) is 6.07 Å². The first-order chi connectivity index (χ1) is 9.45. The first-order valence-electron chi connectivity index (χ1n) is 5.51. The van der Waals surface area contributed by atoms with Crippen LogP contribution in [-0.2, 0) is 9.59 Å². The molecule has 0 unspecified atom stereocenters. The first-order valence-corrected chi connectivity index (χ1v) is 6.30. The molecule has 1 aromatic carbocycles. The van der Waals surface area contributed by atoms with Gasteiger partial charge in [0.1, 0.15) is 12.4 Å². The number of nitrogens with zero attached hydrogens (tertiary/aromatic N) is 1. The Morgan fingerprint density at radius 3 is 2.80 bits per heavy atom. The number of rotatable bonds is 3. The SMILES string of the molecule is C#CCNC(=O)CN1C(=O)C(=O)c2cc(Br)c(F)cc21. The zero-order valence-corrected chi connectivity index (χ0v) is 11.7. The molecule has 5 nitrogen and oxygen atoms in total. The molecule has 0 aromatic heterocycles. The number of anilines is 1. The van der Waals surface area contributed by atoms with Gasteiger partial charge >= 0.3 is 0 Å². The molecule has 0 spiro atoms. The Balaban J connectivity index is 2.31. The molecule has 0 bridgehead atoms. The van der Waals surface area contributed by atoms with Crippen LogP contribution in [0.1, 0.15) is 10.4 Å². The largest absolute Gasteiger partial charge is 0.344 e. The highest BCUT2D eigenvalue weighted by molar-refractivity contribution is 9.10. The number of ketones is 1. The quantitative estimate of drug-likeness (QED) is 0.656. The number of halogens is 2. The number of nitrogens with one attached hydrogen (secondary N) is 1. The van der Waals surface area contributed by atoms with Crippen molar-refractivity contribution in [3.05, 3.63) is 28.0 Å². The molecule has 1 heterocycles. The lowest BCUT2D eigenvalue weighted by atomic mass is 10.1. The molecule has 1 aliphatic heterocycles. The number of carbonyl (C=O) groups is 3. The number of terminal acetylenes is 1. The second-order valence-electron chi connectivity index (χ2n) is 3.98. The molecule has 2 amide bonds. The second-order valence-corrected chi connectivity index (χ2v) is 4.84. The zero-order chi connectivity index (χ0) is 14.9. The lowest BCUT2D eigenvalue weighted by Gasteiger charge is -2.15. The van der Waals surface area contributed by atoms with Crippen molar-refractivity contribution in [2.45, 2.75) is 0 Å². The highest BCUT2D eigenvalue weighted by atomic mass is 79.9. The fourth-order valence-electron chi connectivity index (χ4n) is 1.79. The predicted molar refractivity (Wildman–Crippen MR) is 72.6 cm³/mol. The van der Waals surface area contributed by atoms with Gasteiger partial charge < -0.3 is 5.32 Å². The molecule has 0 fully saturated rings. The summed E-state index contributed by atoms with van der Waals surface area (Å²) in [5.41, 5.74) is 0.143. The molecule has 1 aromatic rings. The Kier molecular flexibility index (Phi) is 3.86. The molecule has 7 heteroatoms. The van der Waals surface area contributed by atoms with Crippen molar-refractivity contribution in [3.63, 3.8) is 0 Å². The summed E-state index contributed by atoms with van der Waals surface area (Å²) in [5.74, 6) is -0.582. The zero-order valence-electron chi connectivity index (χ0n) is 10.1. The van der Waals surface area contributed by atoms with Crippen LogP contribution in [0.2, 0.25) is 0 Å². The van der Waals surface area contributed by atoms with Crippen molar-refractivity contribution in [2.24, 2.45) is 0 Å². The Morgan fingerprint density at radius 2 is 2.15 bits per heavy atom. The Bertz CT molecular complexity index is 666. The smallest absolute Gasteiger partial charge is 0.299 e. The minimum Gasteiger partial charge on any atom is -0.344 e. The number of fused-ring (bicyclic) bond motifs is 1. The van der Waals surface area contributed by atoms with Gasteiger partial charge in [-0.15, -0.1) is 6.42 Å². The van der Waals surface area contributed by atoms with E-state index in [9.17, 15) is 18.8 Å². The molecule has 0 atom stereocenters. The predicted octanol–water partition coefficient (Wildman–Crippen LogP) is 0.867. The lowest BCUT2D eigenvalue weighted by molar-refractivity contribution is -0.121. The number of hydrogen-bond acceptors (Lipinski definition) is 3. The molecule has 1 N–H and O–H groups in total. The molecule has 2 rings (SSSR count). The van der Waals surface area contributed by atoms with Gasteiger partial charge in [-0.2, -0.15) is 0 Å². The van der Waals surface area contributed by atoms with Crippen molar-refractivity contribution in [3.8, 4) is 12.3 Å². The van der Waals surface area contributed by atoms with Gasteiger partial charge in [-0.3, -0.25) is 19.3 Å². The van der Waals surface area contributed by atoms with Gasteiger partial charge in [0.15, 0.2) is 0 Å². The summed E-state index contributed by atoms with van der Waals surface area (Å²) in [7, 11) is 0. The van der Waals surface area contributed by atoms with Gasteiger partial charge in [-0.05, 0) is 28.1 Å². The van der Waals surface area contributed by atoms with Crippen LogP contribution in [0.5, 0.6) is 0 Å². The minimum absolute atomic E-state index is 0.0103. The molecule has 1 aliphatic rings. The number of carbonyl (C=O) groups excluding carboxylic acids is 3. The third kappa shape index (κ3) is 2.42. The summed E-state index contributed by atoms with van der Waals surface area (Å²) >= 11 is 2.94. The average molecular weight is 339 g/mol. The third-order valence-electron chi connectivity index (χ3n) is 2.70. The maximum absolute atomic E-state index is 13.5. The standard InChI is InChI=1S/C13H8BrFN2O3/c1-2-3-16-11(18)6-17-10-5-9(15)8(14)4-7(10)12(19)13(17)20/h1,4-5H,3,6H2,(H,16,18). The van der Waals surface area contributed by atoms with E-state index in [-0.39, 0.29) is 28.8 Å². The van der Waals surface area contributed by atoms with Crippen LogP contribution in [-0.4, -0.2) is 30.7 Å². The normalized spacial score (nSPS) is 13.2. The van der Waals surface area contributed by atoms with Gasteiger partial charge in [-0.1, -0.05) is 5.92 Å². The van der Waals surface area contributed by atoms with Crippen LogP contribution < -0.4 is 10.2 Å². The monoisotopic (exact) mass is 338 g/mol. The van der Waals surface area contributed by atoms with Crippen LogP contribution >= 0.6 is 15.9 Å². The minimum atomic E-state index is -0.867. The van der Waals surface area contributed by atoms with Crippen molar-refractivity contribution >= 4 is 39.2 Å². The van der Waals surface area contributed by atoms with E-state index in [4.69, 9.17) is 6.42 Å².